The molecule has 12 heavy (non-hydrogen) atoms. The summed E-state index contributed by atoms with van der Waals surface area (Å²) in [5, 5.41) is 1.23. The van der Waals surface area contributed by atoms with Gasteiger partial charge in [-0.15, -0.1) is 0 Å². The number of aromatic nitrogens is 2. The topological polar surface area (TPSA) is 69.9 Å². The lowest BCUT2D eigenvalue weighted by Gasteiger charge is -1.99. The van der Waals surface area contributed by atoms with E-state index in [-0.39, 0.29) is 0 Å². The third kappa shape index (κ3) is 0.816. The van der Waals surface area contributed by atoms with Crippen LogP contribution in [0.2, 0.25) is 5.02 Å². The Hall–Kier alpha value is -1.42. The van der Waals surface area contributed by atoms with Gasteiger partial charge in [-0.1, -0.05) is 11.6 Å². The molecule has 0 saturated heterocycles. The van der Waals surface area contributed by atoms with Crippen molar-refractivity contribution >= 4 is 28.3 Å². The molecule has 0 radical (unpaired) electrons. The van der Waals surface area contributed by atoms with E-state index in [1.165, 1.54) is 10.9 Å². The molecule has 0 aliphatic rings. The summed E-state index contributed by atoms with van der Waals surface area (Å²) in [4.78, 5) is 4.03. The summed E-state index contributed by atoms with van der Waals surface area (Å²) < 4.78 is 1.40. The molecule has 0 aliphatic heterocycles. The van der Waals surface area contributed by atoms with E-state index in [4.69, 9.17) is 23.2 Å². The highest BCUT2D eigenvalue weighted by atomic mass is 35.5. The predicted molar refractivity (Wildman–Crippen MR) is 49.3 cm³/mol. The maximum atomic E-state index is 5.76. The normalized spacial score (nSPS) is 10.8. The lowest BCUT2D eigenvalue weighted by molar-refractivity contribution is 1.04. The third-order valence-corrected chi connectivity index (χ3v) is 2.04. The second kappa shape index (κ2) is 2.28. The average Bonchev–Trinajstić information content (AvgIpc) is 2.41. The maximum Gasteiger partial charge on any atom is 0.160 e. The van der Waals surface area contributed by atoms with Gasteiger partial charge in [-0.05, 0) is 6.07 Å². The van der Waals surface area contributed by atoms with Crippen molar-refractivity contribution in [3.63, 3.8) is 0 Å². The van der Waals surface area contributed by atoms with Crippen molar-refractivity contribution < 1.29 is 0 Å². The molecule has 0 aromatic carbocycles. The number of rotatable bonds is 0. The molecule has 2 rings (SSSR count). The molecule has 0 saturated carbocycles. The summed E-state index contributed by atoms with van der Waals surface area (Å²) in [6.07, 6.45) is 3.17. The lowest BCUT2D eigenvalue weighted by Crippen LogP contribution is -2.06. The van der Waals surface area contributed by atoms with E-state index in [0.717, 1.165) is 5.39 Å². The van der Waals surface area contributed by atoms with Crippen molar-refractivity contribution in [2.75, 3.05) is 11.6 Å². The van der Waals surface area contributed by atoms with Crippen LogP contribution in [0.5, 0.6) is 0 Å². The van der Waals surface area contributed by atoms with Crippen molar-refractivity contribution in [2.24, 2.45) is 0 Å². The molecule has 0 aliphatic carbocycles. The molecular formula is C7H7ClN4. The summed E-state index contributed by atoms with van der Waals surface area (Å²) in [7, 11) is 0. The Balaban J connectivity index is 2.93. The Labute approximate surface area is 73.7 Å². The van der Waals surface area contributed by atoms with Gasteiger partial charge in [0.25, 0.3) is 0 Å². The SMILES string of the molecule is Nc1c(Cl)cnc2c1ccn2N. The van der Waals surface area contributed by atoms with Crippen molar-refractivity contribution in [3.8, 4) is 0 Å². The number of nitrogens with zero attached hydrogens (tertiary/aromatic N) is 2. The number of pyridine rings is 1. The first-order valence-electron chi connectivity index (χ1n) is 3.36. The van der Waals surface area contributed by atoms with Gasteiger partial charge in [0.1, 0.15) is 0 Å². The maximum absolute atomic E-state index is 5.76. The van der Waals surface area contributed by atoms with Gasteiger partial charge in [0.2, 0.25) is 0 Å². The van der Waals surface area contributed by atoms with Crippen molar-refractivity contribution in [3.05, 3.63) is 23.5 Å². The van der Waals surface area contributed by atoms with Gasteiger partial charge >= 0.3 is 0 Å². The van der Waals surface area contributed by atoms with E-state index in [0.29, 0.717) is 16.4 Å². The van der Waals surface area contributed by atoms with Gasteiger partial charge in [0, 0.05) is 11.6 Å². The summed E-state index contributed by atoms with van der Waals surface area (Å²) >= 11 is 5.76. The molecule has 0 atom stereocenters. The molecule has 2 heterocycles. The molecule has 2 aromatic heterocycles. The van der Waals surface area contributed by atoms with Gasteiger partial charge in [-0.3, -0.25) is 4.68 Å². The van der Waals surface area contributed by atoms with Gasteiger partial charge in [0.05, 0.1) is 16.9 Å². The Morgan fingerprint density at radius 1 is 1.50 bits per heavy atom. The minimum atomic E-state index is 0.453. The highest BCUT2D eigenvalue weighted by molar-refractivity contribution is 6.34. The van der Waals surface area contributed by atoms with Crippen LogP contribution in [0.25, 0.3) is 11.0 Å². The second-order valence-corrected chi connectivity index (χ2v) is 2.89. The smallest absolute Gasteiger partial charge is 0.160 e. The number of hydrogen-bond acceptors (Lipinski definition) is 3. The zero-order chi connectivity index (χ0) is 8.72. The Kier molecular flexibility index (Phi) is 1.38. The zero-order valence-electron chi connectivity index (χ0n) is 6.16. The minimum Gasteiger partial charge on any atom is -0.397 e. The van der Waals surface area contributed by atoms with Crippen LogP contribution in [0.3, 0.4) is 0 Å². The van der Waals surface area contributed by atoms with Crippen LogP contribution in [-0.2, 0) is 0 Å². The van der Waals surface area contributed by atoms with E-state index < -0.39 is 0 Å². The molecule has 0 bridgehead atoms. The second-order valence-electron chi connectivity index (χ2n) is 2.48. The molecule has 2 aromatic rings. The molecule has 0 unspecified atom stereocenters. The van der Waals surface area contributed by atoms with Crippen LogP contribution in [-0.4, -0.2) is 9.66 Å². The molecule has 4 nitrogen and oxygen atoms in total. The molecule has 62 valence electrons. The summed E-state index contributed by atoms with van der Waals surface area (Å²) in [5.41, 5.74) is 6.85. The van der Waals surface area contributed by atoms with Crippen LogP contribution < -0.4 is 11.6 Å². The standard InChI is InChI=1S/C7H7ClN4/c8-5-3-11-7-4(6(5)9)1-2-12(7)10/h1-3H,10H2,(H2,9,11). The van der Waals surface area contributed by atoms with Crippen molar-refractivity contribution in [2.45, 2.75) is 0 Å². The number of fused-ring (bicyclic) bond motifs is 1. The van der Waals surface area contributed by atoms with E-state index in [2.05, 4.69) is 4.98 Å². The molecule has 0 fully saturated rings. The highest BCUT2D eigenvalue weighted by Gasteiger charge is 2.05. The first-order valence-corrected chi connectivity index (χ1v) is 3.74. The summed E-state index contributed by atoms with van der Waals surface area (Å²) in [6.45, 7) is 0. The number of halogens is 1. The zero-order valence-corrected chi connectivity index (χ0v) is 6.92. The van der Waals surface area contributed by atoms with Gasteiger partial charge in [-0.25, -0.2) is 4.98 Å². The third-order valence-electron chi connectivity index (χ3n) is 1.73. The monoisotopic (exact) mass is 182 g/mol. The Bertz CT molecular complexity index is 434. The van der Waals surface area contributed by atoms with E-state index in [9.17, 15) is 0 Å². The van der Waals surface area contributed by atoms with Crippen LogP contribution >= 0.6 is 11.6 Å². The molecular weight excluding hydrogens is 176 g/mol. The van der Waals surface area contributed by atoms with Gasteiger partial charge in [-0.2, -0.15) is 0 Å². The molecule has 5 heteroatoms. The molecule has 0 spiro atoms. The van der Waals surface area contributed by atoms with E-state index in [1.54, 1.807) is 12.3 Å². The summed E-state index contributed by atoms with van der Waals surface area (Å²) in [5.74, 6) is 5.55. The van der Waals surface area contributed by atoms with Crippen molar-refractivity contribution in [1.82, 2.24) is 9.66 Å². The quantitative estimate of drug-likeness (QED) is 0.597. The lowest BCUT2D eigenvalue weighted by atomic mass is 10.3. The fraction of sp³-hybridized carbons (Fsp3) is 0. The van der Waals surface area contributed by atoms with Crippen LogP contribution in [0, 0.1) is 0 Å². The predicted octanol–water partition coefficient (Wildman–Crippen LogP) is 0.986. The molecule has 0 amide bonds. The van der Waals surface area contributed by atoms with E-state index >= 15 is 0 Å². The van der Waals surface area contributed by atoms with Crippen LogP contribution in [0.15, 0.2) is 18.5 Å². The highest BCUT2D eigenvalue weighted by Crippen LogP contribution is 2.25. The number of nitrogens with two attached hydrogens (primary N) is 2. The minimum absolute atomic E-state index is 0.453. The first-order chi connectivity index (χ1) is 5.70. The van der Waals surface area contributed by atoms with E-state index in [1.807, 2.05) is 0 Å². The van der Waals surface area contributed by atoms with Crippen LogP contribution in [0.1, 0.15) is 0 Å². The molecule has 4 N–H and O–H groups in total. The Morgan fingerprint density at radius 3 is 3.00 bits per heavy atom. The van der Waals surface area contributed by atoms with Crippen molar-refractivity contribution in [1.29, 1.82) is 0 Å². The number of anilines is 1. The van der Waals surface area contributed by atoms with Crippen LogP contribution in [0.4, 0.5) is 5.69 Å². The fourth-order valence-corrected chi connectivity index (χ4v) is 1.25. The Morgan fingerprint density at radius 2 is 2.25 bits per heavy atom. The average molecular weight is 183 g/mol. The first kappa shape index (κ1) is 7.24. The number of nitrogen functional groups attached to an aromatic ring is 2. The van der Waals surface area contributed by atoms with Gasteiger partial charge < -0.3 is 11.6 Å². The largest absolute Gasteiger partial charge is 0.397 e. The summed E-state index contributed by atoms with van der Waals surface area (Å²) in [6, 6.07) is 1.78. The number of hydrogen-bond donors (Lipinski definition) is 2. The van der Waals surface area contributed by atoms with Gasteiger partial charge in [0.15, 0.2) is 5.65 Å². The fourth-order valence-electron chi connectivity index (χ4n) is 1.10.